The van der Waals surface area contributed by atoms with Crippen LogP contribution >= 0.6 is 11.3 Å². The van der Waals surface area contributed by atoms with Gasteiger partial charge in [0.15, 0.2) is 0 Å². The summed E-state index contributed by atoms with van der Waals surface area (Å²) >= 11 is 1.54. The smallest absolute Gasteiger partial charge is 0.102 e. The maximum Gasteiger partial charge on any atom is 0.102 e. The number of nitrogens with zero attached hydrogens (tertiary/aromatic N) is 1. The molecule has 3 heteroatoms. The molecular weight excluding hydrogens is 216 g/mol. The molecule has 0 bridgehead atoms. The molecule has 0 aliphatic heterocycles. The standard InChI is InChI=1S/C13H10N2S/c14-9-11(10-5-2-1-3-6-10)13(15)12-7-4-8-16-12/h1-8H,15H2/b13-11-. The Bertz CT molecular complexity index is 533. The minimum Gasteiger partial charge on any atom is -0.396 e. The van der Waals surface area contributed by atoms with Gasteiger partial charge in [0.05, 0.1) is 16.1 Å². The highest BCUT2D eigenvalue weighted by atomic mass is 32.1. The van der Waals surface area contributed by atoms with Crippen molar-refractivity contribution in [3.05, 3.63) is 58.3 Å². The minimum absolute atomic E-state index is 0.531. The van der Waals surface area contributed by atoms with E-state index in [2.05, 4.69) is 6.07 Å². The highest BCUT2D eigenvalue weighted by Gasteiger charge is 2.08. The van der Waals surface area contributed by atoms with Crippen molar-refractivity contribution in [3.8, 4) is 6.07 Å². The molecule has 0 aliphatic carbocycles. The highest BCUT2D eigenvalue weighted by Crippen LogP contribution is 2.24. The largest absolute Gasteiger partial charge is 0.396 e. The summed E-state index contributed by atoms with van der Waals surface area (Å²) in [5.41, 5.74) is 7.93. The van der Waals surface area contributed by atoms with Gasteiger partial charge in [0.1, 0.15) is 6.07 Å². The summed E-state index contributed by atoms with van der Waals surface area (Å²) < 4.78 is 0. The van der Waals surface area contributed by atoms with E-state index in [-0.39, 0.29) is 0 Å². The normalized spacial score (nSPS) is 11.7. The van der Waals surface area contributed by atoms with Crippen LogP contribution in [-0.4, -0.2) is 0 Å². The fourth-order valence-corrected chi connectivity index (χ4v) is 2.13. The zero-order valence-corrected chi connectivity index (χ0v) is 9.37. The average molecular weight is 226 g/mol. The molecule has 2 nitrogen and oxygen atoms in total. The molecule has 1 aromatic carbocycles. The van der Waals surface area contributed by atoms with Crippen LogP contribution in [-0.2, 0) is 0 Å². The van der Waals surface area contributed by atoms with E-state index in [1.807, 2.05) is 47.8 Å². The van der Waals surface area contributed by atoms with Gasteiger partial charge in [-0.1, -0.05) is 36.4 Å². The van der Waals surface area contributed by atoms with Crippen molar-refractivity contribution < 1.29 is 0 Å². The summed E-state index contributed by atoms with van der Waals surface area (Å²) in [5, 5.41) is 11.1. The van der Waals surface area contributed by atoms with Crippen LogP contribution < -0.4 is 5.73 Å². The van der Waals surface area contributed by atoms with Crippen LogP contribution in [0.5, 0.6) is 0 Å². The third-order valence-corrected chi connectivity index (χ3v) is 3.13. The molecule has 0 saturated heterocycles. The first kappa shape index (κ1) is 10.5. The first-order chi connectivity index (χ1) is 7.83. The van der Waals surface area contributed by atoms with Gasteiger partial charge in [-0.05, 0) is 17.0 Å². The molecule has 2 rings (SSSR count). The Morgan fingerprint density at radius 1 is 1.12 bits per heavy atom. The van der Waals surface area contributed by atoms with Crippen LogP contribution in [0.25, 0.3) is 11.3 Å². The van der Waals surface area contributed by atoms with E-state index in [0.717, 1.165) is 10.4 Å². The number of allylic oxidation sites excluding steroid dienone is 1. The fraction of sp³-hybridized carbons (Fsp3) is 0. The van der Waals surface area contributed by atoms with Gasteiger partial charge < -0.3 is 5.73 Å². The predicted molar refractivity (Wildman–Crippen MR) is 67.4 cm³/mol. The van der Waals surface area contributed by atoms with Crippen molar-refractivity contribution in [1.82, 2.24) is 0 Å². The van der Waals surface area contributed by atoms with E-state index in [9.17, 15) is 0 Å². The van der Waals surface area contributed by atoms with Crippen LogP contribution in [0.3, 0.4) is 0 Å². The topological polar surface area (TPSA) is 49.8 Å². The van der Waals surface area contributed by atoms with Gasteiger partial charge in [-0.25, -0.2) is 0 Å². The first-order valence-electron chi connectivity index (χ1n) is 4.82. The molecule has 2 N–H and O–H groups in total. The van der Waals surface area contributed by atoms with E-state index in [0.29, 0.717) is 11.3 Å². The van der Waals surface area contributed by atoms with E-state index >= 15 is 0 Å². The lowest BCUT2D eigenvalue weighted by Gasteiger charge is -2.03. The first-order valence-corrected chi connectivity index (χ1v) is 5.70. The van der Waals surface area contributed by atoms with Crippen LogP contribution in [0.1, 0.15) is 10.4 Å². The van der Waals surface area contributed by atoms with Gasteiger partial charge in [0.2, 0.25) is 0 Å². The molecular formula is C13H10N2S. The molecule has 0 amide bonds. The zero-order chi connectivity index (χ0) is 11.4. The molecule has 78 valence electrons. The van der Waals surface area contributed by atoms with Gasteiger partial charge in [-0.2, -0.15) is 5.26 Å². The fourth-order valence-electron chi connectivity index (χ4n) is 1.44. The van der Waals surface area contributed by atoms with E-state index in [4.69, 9.17) is 11.0 Å². The molecule has 0 spiro atoms. The molecule has 1 aromatic heterocycles. The van der Waals surface area contributed by atoms with Crippen molar-refractivity contribution in [2.45, 2.75) is 0 Å². The van der Waals surface area contributed by atoms with Crippen LogP contribution in [0.2, 0.25) is 0 Å². The Morgan fingerprint density at radius 2 is 1.88 bits per heavy atom. The molecule has 0 aliphatic rings. The second-order valence-electron chi connectivity index (χ2n) is 3.24. The lowest BCUT2D eigenvalue weighted by atomic mass is 10.0. The second-order valence-corrected chi connectivity index (χ2v) is 4.19. The second kappa shape index (κ2) is 4.65. The summed E-state index contributed by atoms with van der Waals surface area (Å²) in [4.78, 5) is 0.931. The summed E-state index contributed by atoms with van der Waals surface area (Å²) in [6.07, 6.45) is 0. The quantitative estimate of drug-likeness (QED) is 0.800. The Morgan fingerprint density at radius 3 is 2.44 bits per heavy atom. The lowest BCUT2D eigenvalue weighted by Crippen LogP contribution is -1.98. The number of nitriles is 1. The van der Waals surface area contributed by atoms with Gasteiger partial charge >= 0.3 is 0 Å². The SMILES string of the molecule is N#C/C(=C(/N)c1cccs1)c1ccccc1. The summed E-state index contributed by atoms with van der Waals surface area (Å²) in [7, 11) is 0. The summed E-state index contributed by atoms with van der Waals surface area (Å²) in [5.74, 6) is 0. The van der Waals surface area contributed by atoms with Gasteiger partial charge in [-0.3, -0.25) is 0 Å². The van der Waals surface area contributed by atoms with Crippen molar-refractivity contribution in [1.29, 1.82) is 5.26 Å². The molecule has 2 aromatic rings. The van der Waals surface area contributed by atoms with Crippen LogP contribution in [0, 0.1) is 11.3 Å². The van der Waals surface area contributed by atoms with Gasteiger partial charge in [-0.15, -0.1) is 11.3 Å². The monoisotopic (exact) mass is 226 g/mol. The van der Waals surface area contributed by atoms with Crippen molar-refractivity contribution in [2.24, 2.45) is 5.73 Å². The number of benzene rings is 1. The van der Waals surface area contributed by atoms with E-state index in [1.54, 1.807) is 0 Å². The van der Waals surface area contributed by atoms with Crippen molar-refractivity contribution in [2.75, 3.05) is 0 Å². The van der Waals surface area contributed by atoms with Gasteiger partial charge in [0.25, 0.3) is 0 Å². The number of hydrogen-bond donors (Lipinski definition) is 1. The molecule has 0 radical (unpaired) electrons. The summed E-state index contributed by atoms with van der Waals surface area (Å²) in [6.45, 7) is 0. The molecule has 16 heavy (non-hydrogen) atoms. The average Bonchev–Trinajstić information content (AvgIpc) is 2.85. The third-order valence-electron chi connectivity index (χ3n) is 2.23. The van der Waals surface area contributed by atoms with Gasteiger partial charge in [0, 0.05) is 0 Å². The molecule has 1 heterocycles. The lowest BCUT2D eigenvalue weighted by molar-refractivity contribution is 1.50. The van der Waals surface area contributed by atoms with E-state index < -0.39 is 0 Å². The molecule has 0 fully saturated rings. The number of nitrogens with two attached hydrogens (primary N) is 1. The van der Waals surface area contributed by atoms with E-state index in [1.165, 1.54) is 11.3 Å². The highest BCUT2D eigenvalue weighted by molar-refractivity contribution is 7.11. The predicted octanol–water partition coefficient (Wildman–Crippen LogP) is 3.10. The zero-order valence-electron chi connectivity index (χ0n) is 8.55. The number of hydrogen-bond acceptors (Lipinski definition) is 3. The maximum absolute atomic E-state index is 9.17. The Hall–Kier alpha value is -2.05. The molecule has 0 saturated carbocycles. The molecule has 0 unspecified atom stereocenters. The maximum atomic E-state index is 9.17. The Balaban J connectivity index is 2.52. The van der Waals surface area contributed by atoms with Crippen molar-refractivity contribution in [3.63, 3.8) is 0 Å². The number of rotatable bonds is 2. The van der Waals surface area contributed by atoms with Crippen molar-refractivity contribution >= 4 is 22.6 Å². The Kier molecular flexibility index (Phi) is 3.04. The van der Waals surface area contributed by atoms with Crippen LogP contribution in [0.4, 0.5) is 0 Å². The summed E-state index contributed by atoms with van der Waals surface area (Å²) in [6, 6.07) is 15.5. The minimum atomic E-state index is 0.531. The Labute approximate surface area is 98.3 Å². The van der Waals surface area contributed by atoms with Crippen LogP contribution in [0.15, 0.2) is 47.8 Å². The number of thiophene rings is 1. The third kappa shape index (κ3) is 1.97. The molecule has 0 atom stereocenters.